The number of pyridine rings is 2. The number of hydrazine groups is 1. The standard InChI is InChI=1S/C14H17BrN4/c1-9-3-4-13(10(2)18-9)14(19-16)6-11-5-12(15)8-17-7-11/h3-5,7-8,14,19H,6,16H2,1-2H3. The molecule has 0 saturated heterocycles. The lowest BCUT2D eigenvalue weighted by Gasteiger charge is -2.18. The third-order valence-corrected chi connectivity index (χ3v) is 3.48. The van der Waals surface area contributed by atoms with E-state index in [2.05, 4.69) is 37.4 Å². The second-order valence-corrected chi connectivity index (χ2v) is 5.48. The van der Waals surface area contributed by atoms with Gasteiger partial charge in [0.15, 0.2) is 0 Å². The van der Waals surface area contributed by atoms with E-state index in [1.807, 2.05) is 32.2 Å². The molecule has 0 aliphatic rings. The van der Waals surface area contributed by atoms with Gasteiger partial charge >= 0.3 is 0 Å². The number of aryl methyl sites for hydroxylation is 2. The van der Waals surface area contributed by atoms with Crippen LogP contribution in [0.15, 0.2) is 35.1 Å². The summed E-state index contributed by atoms with van der Waals surface area (Å²) in [7, 11) is 0. The van der Waals surface area contributed by atoms with Crippen molar-refractivity contribution in [1.29, 1.82) is 0 Å². The maximum atomic E-state index is 5.69. The van der Waals surface area contributed by atoms with Gasteiger partial charge < -0.3 is 0 Å². The lowest BCUT2D eigenvalue weighted by Crippen LogP contribution is -2.30. The van der Waals surface area contributed by atoms with E-state index in [1.165, 1.54) is 0 Å². The summed E-state index contributed by atoms with van der Waals surface area (Å²) in [6.07, 6.45) is 4.40. The average molecular weight is 321 g/mol. The monoisotopic (exact) mass is 320 g/mol. The maximum Gasteiger partial charge on any atom is 0.0518 e. The minimum absolute atomic E-state index is 0.0317. The molecular weight excluding hydrogens is 304 g/mol. The van der Waals surface area contributed by atoms with Crippen molar-refractivity contribution in [1.82, 2.24) is 15.4 Å². The fourth-order valence-electron chi connectivity index (χ4n) is 2.13. The molecule has 0 aliphatic carbocycles. The highest BCUT2D eigenvalue weighted by atomic mass is 79.9. The Kier molecular flexibility index (Phi) is 4.63. The molecule has 4 nitrogen and oxygen atoms in total. The first kappa shape index (κ1) is 14.1. The highest BCUT2D eigenvalue weighted by Gasteiger charge is 2.14. The number of hydrogen-bond donors (Lipinski definition) is 2. The van der Waals surface area contributed by atoms with E-state index in [1.54, 1.807) is 6.20 Å². The fraction of sp³-hybridized carbons (Fsp3) is 0.286. The SMILES string of the molecule is Cc1ccc(C(Cc2cncc(Br)c2)NN)c(C)n1. The molecule has 1 atom stereocenters. The average Bonchev–Trinajstić information content (AvgIpc) is 2.37. The van der Waals surface area contributed by atoms with Crippen LogP contribution in [0.2, 0.25) is 0 Å². The van der Waals surface area contributed by atoms with Gasteiger partial charge in [-0.2, -0.15) is 0 Å². The molecule has 100 valence electrons. The van der Waals surface area contributed by atoms with Gasteiger partial charge in [0.1, 0.15) is 0 Å². The minimum atomic E-state index is 0.0317. The van der Waals surface area contributed by atoms with E-state index in [-0.39, 0.29) is 6.04 Å². The van der Waals surface area contributed by atoms with Gasteiger partial charge in [-0.1, -0.05) is 6.07 Å². The first-order valence-corrected chi connectivity index (χ1v) is 6.89. The molecule has 0 saturated carbocycles. The molecule has 2 aromatic rings. The Hall–Kier alpha value is -1.30. The van der Waals surface area contributed by atoms with Crippen LogP contribution < -0.4 is 11.3 Å². The molecule has 0 radical (unpaired) electrons. The van der Waals surface area contributed by atoms with E-state index >= 15 is 0 Å². The quantitative estimate of drug-likeness (QED) is 0.671. The van der Waals surface area contributed by atoms with Crippen LogP contribution in [0, 0.1) is 13.8 Å². The summed E-state index contributed by atoms with van der Waals surface area (Å²) in [5, 5.41) is 0. The first-order chi connectivity index (χ1) is 9.10. The van der Waals surface area contributed by atoms with Crippen molar-refractivity contribution in [2.75, 3.05) is 0 Å². The molecule has 1 unspecified atom stereocenters. The van der Waals surface area contributed by atoms with Crippen LogP contribution in [0.1, 0.15) is 28.6 Å². The fourth-order valence-corrected chi connectivity index (χ4v) is 2.54. The Morgan fingerprint density at radius 2 is 2.11 bits per heavy atom. The van der Waals surface area contributed by atoms with Crippen molar-refractivity contribution < 1.29 is 0 Å². The summed E-state index contributed by atoms with van der Waals surface area (Å²) in [6, 6.07) is 6.16. The lowest BCUT2D eigenvalue weighted by molar-refractivity contribution is 0.546. The number of nitrogens with one attached hydrogen (secondary N) is 1. The number of aromatic nitrogens is 2. The second-order valence-electron chi connectivity index (χ2n) is 4.56. The molecule has 0 spiro atoms. The summed E-state index contributed by atoms with van der Waals surface area (Å²) in [4.78, 5) is 8.65. The number of nitrogens with two attached hydrogens (primary N) is 1. The Bertz CT molecular complexity index is 571. The number of nitrogens with zero attached hydrogens (tertiary/aromatic N) is 2. The Morgan fingerprint density at radius 1 is 1.32 bits per heavy atom. The van der Waals surface area contributed by atoms with Gasteiger partial charge in [0, 0.05) is 28.3 Å². The molecule has 5 heteroatoms. The molecule has 2 aromatic heterocycles. The zero-order valence-electron chi connectivity index (χ0n) is 11.0. The van der Waals surface area contributed by atoms with Gasteiger partial charge in [0.2, 0.25) is 0 Å². The second kappa shape index (κ2) is 6.23. The van der Waals surface area contributed by atoms with Crippen molar-refractivity contribution >= 4 is 15.9 Å². The van der Waals surface area contributed by atoms with Crippen LogP contribution in [0.25, 0.3) is 0 Å². The molecule has 0 bridgehead atoms. The first-order valence-electron chi connectivity index (χ1n) is 6.10. The smallest absolute Gasteiger partial charge is 0.0518 e. The summed E-state index contributed by atoms with van der Waals surface area (Å²) in [5.74, 6) is 5.69. The van der Waals surface area contributed by atoms with E-state index in [0.29, 0.717) is 0 Å². The number of halogens is 1. The van der Waals surface area contributed by atoms with Crippen molar-refractivity contribution in [2.45, 2.75) is 26.3 Å². The zero-order valence-corrected chi connectivity index (χ0v) is 12.6. The third-order valence-electron chi connectivity index (χ3n) is 3.04. The normalized spacial score (nSPS) is 12.4. The van der Waals surface area contributed by atoms with Gasteiger partial charge in [-0.25, -0.2) is 0 Å². The van der Waals surface area contributed by atoms with E-state index in [0.717, 1.165) is 33.4 Å². The summed E-state index contributed by atoms with van der Waals surface area (Å²) < 4.78 is 0.972. The molecular formula is C14H17BrN4. The van der Waals surface area contributed by atoms with Crippen molar-refractivity contribution in [2.24, 2.45) is 5.84 Å². The summed E-state index contributed by atoms with van der Waals surface area (Å²) >= 11 is 3.43. The molecule has 3 N–H and O–H groups in total. The summed E-state index contributed by atoms with van der Waals surface area (Å²) in [5.41, 5.74) is 7.13. The van der Waals surface area contributed by atoms with Gasteiger partial charge in [0.25, 0.3) is 0 Å². The predicted molar refractivity (Wildman–Crippen MR) is 79.4 cm³/mol. The highest BCUT2D eigenvalue weighted by Crippen LogP contribution is 2.21. The third kappa shape index (κ3) is 3.59. The number of hydrogen-bond acceptors (Lipinski definition) is 4. The molecule has 2 heterocycles. The predicted octanol–water partition coefficient (Wildman–Crippen LogP) is 2.60. The summed E-state index contributed by atoms with van der Waals surface area (Å²) in [6.45, 7) is 3.99. The molecule has 0 fully saturated rings. The van der Waals surface area contributed by atoms with Crippen LogP contribution in [-0.4, -0.2) is 9.97 Å². The van der Waals surface area contributed by atoms with Crippen molar-refractivity contribution in [3.05, 3.63) is 57.6 Å². The largest absolute Gasteiger partial charge is 0.271 e. The van der Waals surface area contributed by atoms with Gasteiger partial charge in [-0.05, 0) is 59.5 Å². The molecule has 2 rings (SSSR count). The molecule has 0 amide bonds. The van der Waals surface area contributed by atoms with E-state index in [9.17, 15) is 0 Å². The topological polar surface area (TPSA) is 63.8 Å². The molecule has 0 aliphatic heterocycles. The van der Waals surface area contributed by atoms with Gasteiger partial charge in [-0.3, -0.25) is 21.2 Å². The van der Waals surface area contributed by atoms with Crippen LogP contribution in [0.4, 0.5) is 0 Å². The molecule has 0 aromatic carbocycles. The van der Waals surface area contributed by atoms with Crippen LogP contribution >= 0.6 is 15.9 Å². The lowest BCUT2D eigenvalue weighted by atomic mass is 9.99. The van der Waals surface area contributed by atoms with E-state index in [4.69, 9.17) is 5.84 Å². The van der Waals surface area contributed by atoms with Crippen LogP contribution in [0.5, 0.6) is 0 Å². The highest BCUT2D eigenvalue weighted by molar-refractivity contribution is 9.10. The van der Waals surface area contributed by atoms with Crippen molar-refractivity contribution in [3.63, 3.8) is 0 Å². The maximum absolute atomic E-state index is 5.69. The Balaban J connectivity index is 2.25. The van der Waals surface area contributed by atoms with E-state index < -0.39 is 0 Å². The minimum Gasteiger partial charge on any atom is -0.271 e. The zero-order chi connectivity index (χ0) is 13.8. The number of rotatable bonds is 4. The Labute approximate surface area is 121 Å². The van der Waals surface area contributed by atoms with Crippen LogP contribution in [-0.2, 0) is 6.42 Å². The molecule has 19 heavy (non-hydrogen) atoms. The Morgan fingerprint density at radius 3 is 2.74 bits per heavy atom. The van der Waals surface area contributed by atoms with Gasteiger partial charge in [0.05, 0.1) is 6.04 Å². The van der Waals surface area contributed by atoms with Gasteiger partial charge in [-0.15, -0.1) is 0 Å². The van der Waals surface area contributed by atoms with Crippen LogP contribution in [0.3, 0.4) is 0 Å². The van der Waals surface area contributed by atoms with Crippen molar-refractivity contribution in [3.8, 4) is 0 Å².